The molecule has 0 aliphatic heterocycles. The molecule has 98 valence electrons. The van der Waals surface area contributed by atoms with Gasteiger partial charge in [-0.2, -0.15) is 17.0 Å². The van der Waals surface area contributed by atoms with E-state index >= 15 is 0 Å². The molecule has 0 aliphatic rings. The van der Waals surface area contributed by atoms with Crippen LogP contribution in [-0.4, -0.2) is 23.5 Å². The van der Waals surface area contributed by atoms with E-state index in [1.54, 1.807) is 23.2 Å². The van der Waals surface area contributed by atoms with Gasteiger partial charge >= 0.3 is 0 Å². The van der Waals surface area contributed by atoms with Crippen molar-refractivity contribution in [2.75, 3.05) is 17.6 Å². The van der Waals surface area contributed by atoms with Crippen LogP contribution in [0.15, 0.2) is 11.4 Å². The van der Waals surface area contributed by atoms with E-state index < -0.39 is 0 Å². The fraction of sp³-hybridized carbons (Fsp3) is 0.500. The Balaban J connectivity index is 2.28. The van der Waals surface area contributed by atoms with Gasteiger partial charge in [0.15, 0.2) is 0 Å². The molecule has 1 atom stereocenters. The summed E-state index contributed by atoms with van der Waals surface area (Å²) in [5.41, 5.74) is 5.99. The zero-order valence-electron chi connectivity index (χ0n) is 10.3. The van der Waals surface area contributed by atoms with Gasteiger partial charge in [0.25, 0.3) is 0 Å². The molecule has 0 bridgehead atoms. The van der Waals surface area contributed by atoms with E-state index in [0.717, 1.165) is 12.2 Å². The molecule has 1 aromatic heterocycles. The van der Waals surface area contributed by atoms with Crippen molar-refractivity contribution in [2.45, 2.75) is 25.0 Å². The Morgan fingerprint density at radius 3 is 3.17 bits per heavy atom. The number of thioether (sulfide) groups is 1. The summed E-state index contributed by atoms with van der Waals surface area (Å²) in [7, 11) is 0. The van der Waals surface area contributed by atoms with Crippen LogP contribution in [0.3, 0.4) is 0 Å². The number of nitrogens with one attached hydrogen (secondary N) is 1. The van der Waals surface area contributed by atoms with Crippen molar-refractivity contribution in [1.82, 2.24) is 0 Å². The van der Waals surface area contributed by atoms with Gasteiger partial charge in [-0.05, 0) is 24.4 Å². The zero-order valence-corrected chi connectivity index (χ0v) is 11.9. The van der Waals surface area contributed by atoms with Crippen LogP contribution >= 0.6 is 23.1 Å². The first-order valence-electron chi connectivity index (χ1n) is 5.76. The second kappa shape index (κ2) is 8.14. The van der Waals surface area contributed by atoms with Gasteiger partial charge in [0.1, 0.15) is 11.1 Å². The summed E-state index contributed by atoms with van der Waals surface area (Å²) < 4.78 is 0. The van der Waals surface area contributed by atoms with Gasteiger partial charge in [0.2, 0.25) is 5.91 Å². The molecule has 6 heteroatoms. The quantitative estimate of drug-likeness (QED) is 0.805. The van der Waals surface area contributed by atoms with Gasteiger partial charge in [0.05, 0.1) is 5.56 Å². The molecular formula is C12H17N3OS2. The molecule has 0 fully saturated rings. The Morgan fingerprint density at radius 1 is 1.72 bits per heavy atom. The molecule has 1 heterocycles. The minimum Gasteiger partial charge on any atom is -0.330 e. The summed E-state index contributed by atoms with van der Waals surface area (Å²) in [6, 6.07) is 3.76. The highest BCUT2D eigenvalue weighted by molar-refractivity contribution is 7.99. The standard InChI is InChI=1S/C12H17N3OS2/c1-9(2-5-13)17-7-4-11(16)15-12-10(8-14)3-6-18-12/h3,6,9H,2,4-5,7,13H2,1H3,(H,15,16). The van der Waals surface area contributed by atoms with Crippen molar-refractivity contribution in [2.24, 2.45) is 5.73 Å². The van der Waals surface area contributed by atoms with E-state index in [4.69, 9.17) is 11.0 Å². The lowest BCUT2D eigenvalue weighted by Crippen LogP contribution is -2.13. The highest BCUT2D eigenvalue weighted by Gasteiger charge is 2.09. The lowest BCUT2D eigenvalue weighted by Gasteiger charge is -2.09. The number of rotatable bonds is 7. The van der Waals surface area contributed by atoms with Gasteiger partial charge in [-0.15, -0.1) is 11.3 Å². The number of hydrogen-bond acceptors (Lipinski definition) is 5. The highest BCUT2D eigenvalue weighted by atomic mass is 32.2. The molecule has 1 aromatic rings. The number of nitrogens with zero attached hydrogens (tertiary/aromatic N) is 1. The molecule has 1 amide bonds. The maximum atomic E-state index is 11.7. The number of anilines is 1. The number of amides is 1. The van der Waals surface area contributed by atoms with Gasteiger partial charge in [-0.25, -0.2) is 0 Å². The predicted molar refractivity (Wildman–Crippen MR) is 77.9 cm³/mol. The van der Waals surface area contributed by atoms with Crippen LogP contribution in [0.1, 0.15) is 25.3 Å². The molecule has 0 aromatic carbocycles. The Kier molecular flexibility index (Phi) is 6.80. The summed E-state index contributed by atoms with van der Waals surface area (Å²) in [6.45, 7) is 2.80. The number of carbonyl (C=O) groups is 1. The van der Waals surface area contributed by atoms with Crippen molar-refractivity contribution in [1.29, 1.82) is 5.26 Å². The first kappa shape index (κ1) is 15.0. The topological polar surface area (TPSA) is 78.9 Å². The van der Waals surface area contributed by atoms with Crippen LogP contribution in [0.5, 0.6) is 0 Å². The Labute approximate surface area is 116 Å². The van der Waals surface area contributed by atoms with E-state index in [9.17, 15) is 4.79 Å². The number of nitrogens with two attached hydrogens (primary N) is 1. The second-order valence-corrected chi connectivity index (χ2v) is 6.29. The molecule has 0 radical (unpaired) electrons. The molecule has 4 nitrogen and oxygen atoms in total. The third kappa shape index (κ3) is 5.08. The van der Waals surface area contributed by atoms with E-state index in [0.29, 0.717) is 28.8 Å². The van der Waals surface area contributed by atoms with Crippen molar-refractivity contribution in [3.63, 3.8) is 0 Å². The number of thiophene rings is 1. The lowest BCUT2D eigenvalue weighted by atomic mass is 10.3. The minimum atomic E-state index is -0.0404. The SMILES string of the molecule is CC(CCN)SCCC(=O)Nc1sccc1C#N. The van der Waals surface area contributed by atoms with Crippen molar-refractivity contribution >= 4 is 34.0 Å². The van der Waals surface area contributed by atoms with Crippen LogP contribution in [0.25, 0.3) is 0 Å². The Bertz CT molecular complexity index is 425. The molecule has 0 saturated heterocycles. The number of carbonyl (C=O) groups excluding carboxylic acids is 1. The summed E-state index contributed by atoms with van der Waals surface area (Å²) in [5, 5.41) is 14.5. The second-order valence-electron chi connectivity index (χ2n) is 3.83. The Morgan fingerprint density at radius 2 is 2.50 bits per heavy atom. The van der Waals surface area contributed by atoms with Crippen molar-refractivity contribution in [3.8, 4) is 6.07 Å². The van der Waals surface area contributed by atoms with E-state index in [2.05, 4.69) is 12.2 Å². The van der Waals surface area contributed by atoms with Crippen LogP contribution in [-0.2, 0) is 4.79 Å². The van der Waals surface area contributed by atoms with Crippen LogP contribution in [0.4, 0.5) is 5.00 Å². The first-order chi connectivity index (χ1) is 8.67. The van der Waals surface area contributed by atoms with Gasteiger partial charge in [-0.1, -0.05) is 6.92 Å². The zero-order chi connectivity index (χ0) is 13.4. The summed E-state index contributed by atoms with van der Waals surface area (Å²) in [4.78, 5) is 11.7. The molecule has 0 spiro atoms. The van der Waals surface area contributed by atoms with Gasteiger partial charge in [-0.3, -0.25) is 4.79 Å². The normalized spacial score (nSPS) is 11.8. The van der Waals surface area contributed by atoms with E-state index in [-0.39, 0.29) is 5.91 Å². The third-order valence-electron chi connectivity index (χ3n) is 2.34. The molecule has 1 rings (SSSR count). The number of hydrogen-bond donors (Lipinski definition) is 2. The molecule has 0 saturated carbocycles. The molecule has 3 N–H and O–H groups in total. The maximum Gasteiger partial charge on any atom is 0.225 e. The van der Waals surface area contributed by atoms with Gasteiger partial charge in [0, 0.05) is 17.4 Å². The van der Waals surface area contributed by atoms with Gasteiger partial charge < -0.3 is 11.1 Å². The molecule has 1 unspecified atom stereocenters. The monoisotopic (exact) mass is 283 g/mol. The predicted octanol–water partition coefficient (Wildman–Crippen LogP) is 2.42. The van der Waals surface area contributed by atoms with E-state index in [1.165, 1.54) is 11.3 Å². The highest BCUT2D eigenvalue weighted by Crippen LogP contribution is 2.22. The first-order valence-corrected chi connectivity index (χ1v) is 7.69. The van der Waals surface area contributed by atoms with Crippen LogP contribution in [0, 0.1) is 11.3 Å². The summed E-state index contributed by atoms with van der Waals surface area (Å²) in [6.07, 6.45) is 1.43. The minimum absolute atomic E-state index is 0.0404. The van der Waals surface area contributed by atoms with Crippen LogP contribution in [0.2, 0.25) is 0 Å². The molecule has 0 aliphatic carbocycles. The Hall–Kier alpha value is -1.03. The average Bonchev–Trinajstić information content (AvgIpc) is 2.76. The van der Waals surface area contributed by atoms with E-state index in [1.807, 2.05) is 6.07 Å². The number of nitriles is 1. The summed E-state index contributed by atoms with van der Waals surface area (Å²) >= 11 is 3.12. The smallest absolute Gasteiger partial charge is 0.225 e. The maximum absolute atomic E-state index is 11.7. The van der Waals surface area contributed by atoms with Crippen molar-refractivity contribution < 1.29 is 4.79 Å². The lowest BCUT2D eigenvalue weighted by molar-refractivity contribution is -0.115. The van der Waals surface area contributed by atoms with Crippen molar-refractivity contribution in [3.05, 3.63) is 17.0 Å². The molecular weight excluding hydrogens is 266 g/mol. The fourth-order valence-electron chi connectivity index (χ4n) is 1.35. The average molecular weight is 283 g/mol. The summed E-state index contributed by atoms with van der Waals surface area (Å²) in [5.74, 6) is 0.738. The fourth-order valence-corrected chi connectivity index (χ4v) is 3.12. The van der Waals surface area contributed by atoms with Crippen LogP contribution < -0.4 is 11.1 Å². The molecule has 18 heavy (non-hydrogen) atoms. The third-order valence-corrected chi connectivity index (χ3v) is 4.42. The largest absolute Gasteiger partial charge is 0.330 e.